The van der Waals surface area contributed by atoms with Gasteiger partial charge in [0.15, 0.2) is 0 Å². The Morgan fingerprint density at radius 3 is 2.76 bits per heavy atom. The quantitative estimate of drug-likeness (QED) is 0.888. The Balaban J connectivity index is 2.06. The van der Waals surface area contributed by atoms with E-state index in [1.54, 1.807) is 0 Å². The molecule has 1 aliphatic heterocycles. The third-order valence-corrected chi connectivity index (χ3v) is 4.67. The van der Waals surface area contributed by atoms with Crippen LogP contribution in [0.25, 0.3) is 0 Å². The van der Waals surface area contributed by atoms with E-state index in [4.69, 9.17) is 0 Å². The molecule has 1 N–H and O–H groups in total. The molecule has 1 aromatic rings. The van der Waals surface area contributed by atoms with Gasteiger partial charge in [-0.3, -0.25) is 4.98 Å². The zero-order valence-electron chi connectivity index (χ0n) is 14.0. The van der Waals surface area contributed by atoms with Crippen LogP contribution in [0.4, 0.5) is 0 Å². The Kier molecular flexibility index (Phi) is 6.15. The number of rotatable bonds is 5. The Hall–Kier alpha value is -0.970. The Morgan fingerprint density at radius 2 is 2.14 bits per heavy atom. The fourth-order valence-electron chi connectivity index (χ4n) is 3.18. The van der Waals surface area contributed by atoms with Gasteiger partial charge in [0.1, 0.15) is 0 Å². The molecule has 2 heterocycles. The highest BCUT2D eigenvalue weighted by molar-refractivity contribution is 5.15. The van der Waals surface area contributed by atoms with E-state index in [1.807, 2.05) is 6.20 Å². The summed E-state index contributed by atoms with van der Waals surface area (Å²) < 4.78 is 0. The van der Waals surface area contributed by atoms with Gasteiger partial charge in [0, 0.05) is 36.9 Å². The first-order chi connectivity index (χ1) is 10.1. The first kappa shape index (κ1) is 16.4. The van der Waals surface area contributed by atoms with Crippen molar-refractivity contribution in [2.45, 2.75) is 38.3 Å². The molecule has 0 aromatic carbocycles. The summed E-state index contributed by atoms with van der Waals surface area (Å²) in [6.45, 7) is 5.66. The van der Waals surface area contributed by atoms with Crippen molar-refractivity contribution in [3.63, 3.8) is 0 Å². The molecular formula is C17H30N4. The molecule has 2 unspecified atom stereocenters. The summed E-state index contributed by atoms with van der Waals surface area (Å²) >= 11 is 0. The summed E-state index contributed by atoms with van der Waals surface area (Å²) in [7, 11) is 6.55. The first-order valence-electron chi connectivity index (χ1n) is 8.14. The van der Waals surface area contributed by atoms with Crippen molar-refractivity contribution in [3.8, 4) is 0 Å². The van der Waals surface area contributed by atoms with Gasteiger partial charge in [-0.2, -0.15) is 0 Å². The van der Waals surface area contributed by atoms with Crippen LogP contribution in [0.3, 0.4) is 0 Å². The third-order valence-electron chi connectivity index (χ3n) is 4.67. The third kappa shape index (κ3) is 4.50. The second kappa shape index (κ2) is 7.87. The number of nitrogens with one attached hydrogen (secondary N) is 1. The Bertz CT molecular complexity index is 417. The summed E-state index contributed by atoms with van der Waals surface area (Å²) in [5.74, 6) is 0. The molecule has 1 aromatic heterocycles. The average Bonchev–Trinajstić information content (AvgIpc) is 2.67. The molecule has 21 heavy (non-hydrogen) atoms. The van der Waals surface area contributed by atoms with Crippen molar-refractivity contribution in [1.29, 1.82) is 0 Å². The predicted octanol–water partition coefficient (Wildman–Crippen LogP) is 1.41. The minimum absolute atomic E-state index is 0.440. The van der Waals surface area contributed by atoms with Crippen molar-refractivity contribution in [3.05, 3.63) is 29.6 Å². The number of pyridine rings is 1. The fourth-order valence-corrected chi connectivity index (χ4v) is 3.18. The van der Waals surface area contributed by atoms with Crippen molar-refractivity contribution < 1.29 is 0 Å². The molecule has 118 valence electrons. The van der Waals surface area contributed by atoms with E-state index in [0.29, 0.717) is 12.1 Å². The zero-order valence-corrected chi connectivity index (χ0v) is 14.0. The molecule has 1 fully saturated rings. The van der Waals surface area contributed by atoms with E-state index < -0.39 is 0 Å². The highest BCUT2D eigenvalue weighted by Gasteiger charge is 2.27. The molecule has 0 saturated carbocycles. The standard InChI is InChI=1S/C17H30N4/c1-5-14-7-8-15(19-12-14)11-16(18-2)17-13-20(3)9-6-10-21(17)4/h7-8,12,16-18H,5-6,9-11,13H2,1-4H3. The van der Waals surface area contributed by atoms with Crippen LogP contribution in [0.2, 0.25) is 0 Å². The number of hydrogen-bond donors (Lipinski definition) is 1. The maximum atomic E-state index is 4.63. The van der Waals surface area contributed by atoms with Crippen LogP contribution in [0.15, 0.2) is 18.3 Å². The normalized spacial score (nSPS) is 23.0. The van der Waals surface area contributed by atoms with Gasteiger partial charge in [0.2, 0.25) is 0 Å². The number of aromatic nitrogens is 1. The van der Waals surface area contributed by atoms with Gasteiger partial charge in [-0.15, -0.1) is 0 Å². The highest BCUT2D eigenvalue weighted by atomic mass is 15.2. The Morgan fingerprint density at radius 1 is 1.33 bits per heavy atom. The summed E-state index contributed by atoms with van der Waals surface area (Å²) in [6.07, 6.45) is 5.32. The molecule has 4 heteroatoms. The average molecular weight is 290 g/mol. The van der Waals surface area contributed by atoms with E-state index in [2.05, 4.69) is 60.3 Å². The minimum atomic E-state index is 0.440. The molecule has 0 amide bonds. The topological polar surface area (TPSA) is 31.4 Å². The SMILES string of the molecule is CCc1ccc(CC(NC)C2CN(C)CCCN2C)nc1. The van der Waals surface area contributed by atoms with E-state index in [9.17, 15) is 0 Å². The van der Waals surface area contributed by atoms with Crippen LogP contribution in [-0.4, -0.2) is 67.6 Å². The summed E-state index contributed by atoms with van der Waals surface area (Å²) in [5, 5.41) is 3.52. The molecule has 0 aliphatic carbocycles. The monoisotopic (exact) mass is 290 g/mol. The van der Waals surface area contributed by atoms with Gasteiger partial charge in [0.05, 0.1) is 0 Å². The summed E-state index contributed by atoms with van der Waals surface area (Å²) in [4.78, 5) is 9.58. The zero-order chi connectivity index (χ0) is 15.2. The van der Waals surface area contributed by atoms with Gasteiger partial charge < -0.3 is 15.1 Å². The van der Waals surface area contributed by atoms with Gasteiger partial charge in [-0.1, -0.05) is 13.0 Å². The maximum absolute atomic E-state index is 4.63. The van der Waals surface area contributed by atoms with E-state index in [0.717, 1.165) is 19.4 Å². The summed E-state index contributed by atoms with van der Waals surface area (Å²) in [6, 6.07) is 5.37. The molecule has 0 radical (unpaired) electrons. The second-order valence-corrected chi connectivity index (χ2v) is 6.27. The van der Waals surface area contributed by atoms with Crippen molar-refractivity contribution in [1.82, 2.24) is 20.1 Å². The molecule has 1 saturated heterocycles. The van der Waals surface area contributed by atoms with Crippen LogP contribution in [0.1, 0.15) is 24.6 Å². The molecule has 0 bridgehead atoms. The van der Waals surface area contributed by atoms with Crippen LogP contribution in [0.5, 0.6) is 0 Å². The van der Waals surface area contributed by atoms with Crippen molar-refractivity contribution >= 4 is 0 Å². The molecular weight excluding hydrogens is 260 g/mol. The molecule has 4 nitrogen and oxygen atoms in total. The van der Waals surface area contributed by atoms with Crippen molar-refractivity contribution in [2.75, 3.05) is 40.8 Å². The van der Waals surface area contributed by atoms with Crippen LogP contribution in [-0.2, 0) is 12.8 Å². The van der Waals surface area contributed by atoms with Gasteiger partial charge in [-0.25, -0.2) is 0 Å². The number of nitrogens with zero attached hydrogens (tertiary/aromatic N) is 3. The molecule has 2 atom stereocenters. The van der Waals surface area contributed by atoms with E-state index in [1.165, 1.54) is 30.8 Å². The molecule has 2 rings (SSSR count). The van der Waals surface area contributed by atoms with Crippen molar-refractivity contribution in [2.24, 2.45) is 0 Å². The lowest BCUT2D eigenvalue weighted by atomic mass is 10.0. The lowest BCUT2D eigenvalue weighted by molar-refractivity contribution is 0.181. The number of hydrogen-bond acceptors (Lipinski definition) is 4. The molecule has 1 aliphatic rings. The highest BCUT2D eigenvalue weighted by Crippen LogP contribution is 2.14. The fraction of sp³-hybridized carbons (Fsp3) is 0.706. The van der Waals surface area contributed by atoms with E-state index >= 15 is 0 Å². The van der Waals surface area contributed by atoms with Gasteiger partial charge >= 0.3 is 0 Å². The van der Waals surface area contributed by atoms with Gasteiger partial charge in [0.25, 0.3) is 0 Å². The number of aryl methyl sites for hydroxylation is 1. The Labute approximate surface area is 129 Å². The lowest BCUT2D eigenvalue weighted by Gasteiger charge is -2.34. The lowest BCUT2D eigenvalue weighted by Crippen LogP contribution is -2.52. The van der Waals surface area contributed by atoms with Crippen LogP contribution in [0, 0.1) is 0 Å². The van der Waals surface area contributed by atoms with Crippen LogP contribution < -0.4 is 5.32 Å². The molecule has 0 spiro atoms. The van der Waals surface area contributed by atoms with E-state index in [-0.39, 0.29) is 0 Å². The minimum Gasteiger partial charge on any atom is -0.315 e. The second-order valence-electron chi connectivity index (χ2n) is 6.27. The predicted molar refractivity (Wildman–Crippen MR) is 88.7 cm³/mol. The summed E-state index contributed by atoms with van der Waals surface area (Å²) in [5.41, 5.74) is 2.50. The van der Waals surface area contributed by atoms with Crippen LogP contribution >= 0.6 is 0 Å². The van der Waals surface area contributed by atoms with Gasteiger partial charge in [-0.05, 0) is 58.7 Å². The number of likely N-dealkylation sites (N-methyl/N-ethyl adjacent to an activating group) is 3. The first-order valence-corrected chi connectivity index (χ1v) is 8.14. The largest absolute Gasteiger partial charge is 0.315 e. The maximum Gasteiger partial charge on any atom is 0.0419 e. The smallest absolute Gasteiger partial charge is 0.0419 e.